The van der Waals surface area contributed by atoms with Crippen molar-refractivity contribution in [2.45, 2.75) is 0 Å². The van der Waals surface area contributed by atoms with Crippen molar-refractivity contribution in [1.82, 2.24) is 0 Å². The largest absolute Gasteiger partial charge is 0.424 e. The number of benzene rings is 6. The van der Waals surface area contributed by atoms with Crippen molar-refractivity contribution in [3.8, 4) is 34.1 Å². The van der Waals surface area contributed by atoms with Gasteiger partial charge in [0, 0.05) is 11.1 Å². The van der Waals surface area contributed by atoms with Crippen molar-refractivity contribution in [2.75, 3.05) is 9.34 Å². The second-order valence-electron chi connectivity index (χ2n) is 10.7. The van der Waals surface area contributed by atoms with Crippen LogP contribution in [0.3, 0.4) is 0 Å². The number of para-hydroxylation sites is 6. The second kappa shape index (κ2) is 12.8. The van der Waals surface area contributed by atoms with E-state index in [2.05, 4.69) is 0 Å². The fourth-order valence-electron chi connectivity index (χ4n) is 5.46. The van der Waals surface area contributed by atoms with Crippen LogP contribution in [0.2, 0.25) is 0 Å². The van der Waals surface area contributed by atoms with Gasteiger partial charge >= 0.3 is 17.1 Å². The van der Waals surface area contributed by atoms with Crippen LogP contribution in [0.1, 0.15) is 20.7 Å². The molecule has 10 heteroatoms. The van der Waals surface area contributed by atoms with Crippen LogP contribution in [0.25, 0.3) is 11.1 Å². The molecule has 0 fully saturated rings. The van der Waals surface area contributed by atoms with Crippen LogP contribution in [0.4, 0.5) is 11.4 Å². The molecule has 8 rings (SSSR count). The van der Waals surface area contributed by atoms with Crippen LogP contribution in [0, 0.1) is 0 Å². The van der Waals surface area contributed by atoms with Gasteiger partial charge in [0.1, 0.15) is 23.0 Å². The Morgan fingerprint density at radius 1 is 0.396 bits per heavy atom. The van der Waals surface area contributed by atoms with E-state index in [4.69, 9.17) is 18.1 Å². The molecule has 2 aliphatic rings. The first-order valence-electron chi connectivity index (χ1n) is 15.1. The monoisotopic (exact) mass is 668 g/mol. The summed E-state index contributed by atoms with van der Waals surface area (Å²) in [5, 5.41) is 0. The van der Waals surface area contributed by atoms with Crippen molar-refractivity contribution in [2.24, 2.45) is 0 Å². The highest BCUT2D eigenvalue weighted by molar-refractivity contribution is 7.52. The van der Waals surface area contributed by atoms with Crippen LogP contribution in [-0.4, -0.2) is 11.8 Å². The highest BCUT2D eigenvalue weighted by Gasteiger charge is 2.41. The minimum absolute atomic E-state index is 0.210. The highest BCUT2D eigenvalue weighted by Crippen LogP contribution is 2.56. The van der Waals surface area contributed by atoms with Crippen molar-refractivity contribution >= 4 is 40.2 Å². The second-order valence-corrected chi connectivity index (χ2v) is 13.2. The average molecular weight is 669 g/mol. The van der Waals surface area contributed by atoms with Crippen LogP contribution in [0.5, 0.6) is 23.0 Å². The third-order valence-electron chi connectivity index (χ3n) is 7.72. The molecular weight excluding hydrogens is 642 g/mol. The minimum Gasteiger partial charge on any atom is -0.422 e. The smallest absolute Gasteiger partial charge is 0.422 e. The predicted octanol–water partition coefficient (Wildman–Crippen LogP) is 10.0. The van der Waals surface area contributed by atoms with Gasteiger partial charge in [0.05, 0.1) is 22.5 Å². The van der Waals surface area contributed by atoms with Crippen LogP contribution < -0.4 is 27.4 Å². The molecule has 6 aromatic rings. The molecule has 0 saturated carbocycles. The van der Waals surface area contributed by atoms with Gasteiger partial charge in [0.25, 0.3) is 11.8 Å². The number of rotatable bonds is 7. The van der Waals surface area contributed by atoms with Crippen LogP contribution in [-0.2, 0) is 0 Å². The Kier molecular flexibility index (Phi) is 7.95. The first-order chi connectivity index (χ1) is 23.7. The average Bonchev–Trinajstić information content (AvgIpc) is 3.13. The molecule has 2 amide bonds. The lowest BCUT2D eigenvalue weighted by Gasteiger charge is -2.34. The summed E-state index contributed by atoms with van der Waals surface area (Å²) < 4.78 is 29.2. The Hall–Kier alpha value is -5.68. The molecule has 48 heavy (non-hydrogen) atoms. The number of hydrogen-bond donors (Lipinski definition) is 0. The Labute approximate surface area is 279 Å². The summed E-state index contributed by atoms with van der Waals surface area (Å²) in [7, 11) is -3.90. The van der Waals surface area contributed by atoms with Gasteiger partial charge in [-0.25, -0.2) is 9.34 Å². The zero-order valence-corrected chi connectivity index (χ0v) is 27.0. The molecule has 8 nitrogen and oxygen atoms in total. The fraction of sp³-hybridized carbons (Fsp3) is 0. The molecule has 0 bridgehead atoms. The number of nitrogens with zero attached hydrogens (tertiary/aromatic N) is 2. The van der Waals surface area contributed by atoms with Crippen molar-refractivity contribution in [3.63, 3.8) is 0 Å². The molecule has 0 aliphatic carbocycles. The maximum Gasteiger partial charge on any atom is 0.424 e. The summed E-state index contributed by atoms with van der Waals surface area (Å²) in [5.74, 6) is 1.49. The van der Waals surface area contributed by atoms with Crippen LogP contribution in [0.15, 0.2) is 158 Å². The van der Waals surface area contributed by atoms with Gasteiger partial charge < -0.3 is 18.1 Å². The van der Waals surface area contributed by atoms with E-state index in [1.165, 1.54) is 0 Å². The SMILES string of the molecule is O=C1c2ccccc2OP(Oc2ccccc2-c2ccccc2OP2Oc3ccccc3C(=O)N2c2ccccc2)N1c1ccccc1. The lowest BCUT2D eigenvalue weighted by molar-refractivity contribution is 0.0986. The number of carbonyl (C=O) groups excluding carboxylic acids is 2. The van der Waals surface area contributed by atoms with Crippen molar-refractivity contribution in [1.29, 1.82) is 0 Å². The van der Waals surface area contributed by atoms with E-state index >= 15 is 0 Å². The van der Waals surface area contributed by atoms with Crippen LogP contribution >= 0.6 is 17.1 Å². The van der Waals surface area contributed by atoms with Gasteiger partial charge in [0.2, 0.25) is 0 Å². The lowest BCUT2D eigenvalue weighted by Crippen LogP contribution is -2.33. The zero-order chi connectivity index (χ0) is 32.5. The Bertz CT molecular complexity index is 1980. The first-order valence-corrected chi connectivity index (χ1v) is 17.4. The number of anilines is 2. The summed E-state index contributed by atoms with van der Waals surface area (Å²) >= 11 is 0. The summed E-state index contributed by atoms with van der Waals surface area (Å²) in [6.07, 6.45) is 0. The molecule has 2 aliphatic heterocycles. The summed E-state index contributed by atoms with van der Waals surface area (Å²) in [5.41, 5.74) is 3.67. The summed E-state index contributed by atoms with van der Waals surface area (Å²) in [6.45, 7) is 0. The molecule has 0 aromatic heterocycles. The van der Waals surface area contributed by atoms with E-state index in [1.807, 2.05) is 133 Å². The van der Waals surface area contributed by atoms with E-state index in [0.29, 0.717) is 56.6 Å². The maximum atomic E-state index is 13.8. The third-order valence-corrected chi connectivity index (χ3v) is 10.6. The molecular formula is C38H26N2O6P2. The Morgan fingerprint density at radius 2 is 0.729 bits per heavy atom. The molecule has 6 aromatic carbocycles. The number of hydrogen-bond acceptors (Lipinski definition) is 6. The number of amides is 2. The number of fused-ring (bicyclic) bond motifs is 2. The van der Waals surface area contributed by atoms with Crippen molar-refractivity contribution < 1.29 is 27.7 Å². The molecule has 0 saturated heterocycles. The van der Waals surface area contributed by atoms with Crippen molar-refractivity contribution in [3.05, 3.63) is 169 Å². The van der Waals surface area contributed by atoms with Gasteiger partial charge in [-0.15, -0.1) is 0 Å². The number of carbonyl (C=O) groups is 2. The molecule has 2 heterocycles. The summed E-state index contributed by atoms with van der Waals surface area (Å²) in [4.78, 5) is 27.7. The fourth-order valence-corrected chi connectivity index (χ4v) is 8.33. The van der Waals surface area contributed by atoms with E-state index in [9.17, 15) is 9.59 Å². The standard InChI is InChI=1S/C38H26N2O6P2/c41-37-31-21-9-13-25-35(31)45-47(39(37)27-15-3-1-4-16-27)43-33-23-11-7-19-29(33)30-20-8-12-24-34(30)44-48-40(28-17-5-2-6-18-28)38(42)32-22-10-14-26-36(32)46-48/h1-26H. The van der Waals surface area contributed by atoms with E-state index in [1.54, 1.807) is 33.6 Å². The van der Waals surface area contributed by atoms with Gasteiger partial charge in [-0.2, -0.15) is 0 Å². The van der Waals surface area contributed by atoms with E-state index in [0.717, 1.165) is 0 Å². The molecule has 234 valence electrons. The quantitative estimate of drug-likeness (QED) is 0.158. The van der Waals surface area contributed by atoms with E-state index < -0.39 is 17.1 Å². The highest BCUT2D eigenvalue weighted by atomic mass is 31.2. The molecule has 2 atom stereocenters. The minimum atomic E-state index is -1.95. The third kappa shape index (κ3) is 5.51. The predicted molar refractivity (Wildman–Crippen MR) is 188 cm³/mol. The molecule has 0 spiro atoms. The van der Waals surface area contributed by atoms with Gasteiger partial charge in [-0.1, -0.05) is 97.1 Å². The summed E-state index contributed by atoms with van der Waals surface area (Å²) in [6, 6.07) is 48.1. The topological polar surface area (TPSA) is 77.5 Å². The first kappa shape index (κ1) is 29.7. The van der Waals surface area contributed by atoms with E-state index in [-0.39, 0.29) is 11.8 Å². The van der Waals surface area contributed by atoms with Gasteiger partial charge in [-0.05, 0) is 60.7 Å². The molecule has 2 unspecified atom stereocenters. The normalized spacial score (nSPS) is 16.7. The zero-order valence-electron chi connectivity index (χ0n) is 25.2. The lowest BCUT2D eigenvalue weighted by atomic mass is 10.0. The Morgan fingerprint density at radius 3 is 1.15 bits per heavy atom. The molecule has 0 radical (unpaired) electrons. The molecule has 0 N–H and O–H groups in total. The van der Waals surface area contributed by atoms with Gasteiger partial charge in [0.15, 0.2) is 0 Å². The maximum absolute atomic E-state index is 13.8. The van der Waals surface area contributed by atoms with Gasteiger partial charge in [-0.3, -0.25) is 9.59 Å². The Balaban J connectivity index is 1.16.